The fourth-order valence-corrected chi connectivity index (χ4v) is 1.47. The van der Waals surface area contributed by atoms with Crippen molar-refractivity contribution < 1.29 is 0 Å². The minimum absolute atomic E-state index is 0.00706. The Morgan fingerprint density at radius 2 is 1.53 bits per heavy atom. The SMILES string of the molecule is CC.CC.CC1(C)C=CC=c2[nH]c(=O)[nH]c2=C1. The Kier molecular flexibility index (Phi) is 6.33. The van der Waals surface area contributed by atoms with E-state index in [1.54, 1.807) is 0 Å². The summed E-state index contributed by atoms with van der Waals surface area (Å²) < 4.78 is 0. The molecular formula is C14H24N2O. The molecule has 0 radical (unpaired) electrons. The van der Waals surface area contributed by atoms with Gasteiger partial charge in [0.15, 0.2) is 0 Å². The van der Waals surface area contributed by atoms with Crippen molar-refractivity contribution in [3.05, 3.63) is 33.3 Å². The summed E-state index contributed by atoms with van der Waals surface area (Å²) in [5.74, 6) is 0. The van der Waals surface area contributed by atoms with Crippen molar-refractivity contribution in [3.63, 3.8) is 0 Å². The van der Waals surface area contributed by atoms with E-state index in [9.17, 15) is 4.79 Å². The maximum absolute atomic E-state index is 11.0. The molecule has 0 spiro atoms. The van der Waals surface area contributed by atoms with E-state index in [0.717, 1.165) is 10.7 Å². The zero-order valence-corrected chi connectivity index (χ0v) is 11.7. The second-order valence-electron chi connectivity index (χ2n) is 3.90. The molecule has 3 nitrogen and oxygen atoms in total. The van der Waals surface area contributed by atoms with Crippen LogP contribution >= 0.6 is 0 Å². The van der Waals surface area contributed by atoms with Crippen molar-refractivity contribution in [2.24, 2.45) is 5.41 Å². The molecular weight excluding hydrogens is 212 g/mol. The van der Waals surface area contributed by atoms with Crippen LogP contribution in [0.1, 0.15) is 41.5 Å². The molecule has 2 N–H and O–H groups in total. The van der Waals surface area contributed by atoms with Gasteiger partial charge in [0.2, 0.25) is 0 Å². The number of hydrogen-bond donors (Lipinski definition) is 2. The third-order valence-corrected chi connectivity index (χ3v) is 2.09. The molecule has 0 fully saturated rings. The molecule has 0 amide bonds. The minimum atomic E-state index is -0.149. The highest BCUT2D eigenvalue weighted by Gasteiger charge is 2.11. The van der Waals surface area contributed by atoms with Crippen LogP contribution in [-0.2, 0) is 0 Å². The van der Waals surface area contributed by atoms with E-state index in [4.69, 9.17) is 0 Å². The Labute approximate surface area is 103 Å². The Hall–Kier alpha value is -1.51. The highest BCUT2D eigenvalue weighted by molar-refractivity contribution is 5.45. The highest BCUT2D eigenvalue weighted by atomic mass is 16.1. The first-order valence-corrected chi connectivity index (χ1v) is 6.28. The summed E-state index contributed by atoms with van der Waals surface area (Å²) in [4.78, 5) is 16.5. The Bertz CT molecular complexity index is 515. The van der Waals surface area contributed by atoms with Gasteiger partial charge in [-0.2, -0.15) is 0 Å². The lowest BCUT2D eigenvalue weighted by molar-refractivity contribution is 0.669. The number of allylic oxidation sites excluding steroid dienone is 2. The molecule has 0 aromatic carbocycles. The lowest BCUT2D eigenvalue weighted by atomic mass is 9.93. The fraction of sp³-hybridized carbons (Fsp3) is 0.500. The van der Waals surface area contributed by atoms with Crippen molar-refractivity contribution in [1.29, 1.82) is 0 Å². The summed E-state index contributed by atoms with van der Waals surface area (Å²) in [6, 6.07) is 0. The van der Waals surface area contributed by atoms with E-state index in [2.05, 4.69) is 29.9 Å². The molecule has 0 unspecified atom stereocenters. The fourth-order valence-electron chi connectivity index (χ4n) is 1.47. The summed E-state index contributed by atoms with van der Waals surface area (Å²) in [6.07, 6.45) is 8.00. The summed E-state index contributed by atoms with van der Waals surface area (Å²) in [7, 11) is 0. The molecule has 0 bridgehead atoms. The molecule has 0 saturated carbocycles. The van der Waals surface area contributed by atoms with Crippen LogP contribution in [0.5, 0.6) is 0 Å². The second-order valence-corrected chi connectivity index (χ2v) is 3.90. The zero-order chi connectivity index (χ0) is 13.5. The number of aromatic amines is 2. The van der Waals surface area contributed by atoms with Gasteiger partial charge in [0, 0.05) is 5.41 Å². The Morgan fingerprint density at radius 1 is 1.00 bits per heavy atom. The lowest BCUT2D eigenvalue weighted by Gasteiger charge is -2.11. The van der Waals surface area contributed by atoms with Crippen LogP contribution in [0, 0.1) is 5.41 Å². The van der Waals surface area contributed by atoms with Gasteiger partial charge >= 0.3 is 5.69 Å². The van der Waals surface area contributed by atoms with Crippen molar-refractivity contribution in [3.8, 4) is 0 Å². The number of rotatable bonds is 0. The maximum atomic E-state index is 11.0. The quantitative estimate of drug-likeness (QED) is 0.710. The summed E-state index contributed by atoms with van der Waals surface area (Å²) in [5, 5.41) is 1.73. The molecule has 96 valence electrons. The molecule has 1 aromatic rings. The molecule has 3 heteroatoms. The molecule has 1 aromatic heterocycles. The van der Waals surface area contributed by atoms with Crippen LogP contribution in [0.4, 0.5) is 0 Å². The molecule has 1 aliphatic carbocycles. The van der Waals surface area contributed by atoms with Crippen LogP contribution in [0.2, 0.25) is 0 Å². The molecule has 1 aliphatic rings. The number of H-pyrrole nitrogens is 2. The maximum Gasteiger partial charge on any atom is 0.323 e. The van der Waals surface area contributed by atoms with Gasteiger partial charge in [0.1, 0.15) is 0 Å². The van der Waals surface area contributed by atoms with Crippen LogP contribution in [0.25, 0.3) is 12.2 Å². The lowest BCUT2D eigenvalue weighted by Crippen LogP contribution is -2.25. The summed E-state index contributed by atoms with van der Waals surface area (Å²) in [6.45, 7) is 12.2. The van der Waals surface area contributed by atoms with Gasteiger partial charge < -0.3 is 9.97 Å². The van der Waals surface area contributed by atoms with Gasteiger partial charge in [-0.1, -0.05) is 53.7 Å². The Morgan fingerprint density at radius 3 is 2.12 bits per heavy atom. The second kappa shape index (κ2) is 6.94. The summed E-state index contributed by atoms with van der Waals surface area (Å²) >= 11 is 0. The minimum Gasteiger partial charge on any atom is -0.306 e. The normalized spacial score (nSPS) is 14.7. The van der Waals surface area contributed by atoms with Crippen molar-refractivity contribution in [1.82, 2.24) is 9.97 Å². The average Bonchev–Trinajstić information content (AvgIpc) is 2.56. The predicted octanol–water partition coefficient (Wildman–Crippen LogP) is 1.91. The van der Waals surface area contributed by atoms with E-state index >= 15 is 0 Å². The van der Waals surface area contributed by atoms with Crippen molar-refractivity contribution in [2.45, 2.75) is 41.5 Å². The number of aromatic nitrogens is 2. The Balaban J connectivity index is 0.000000581. The van der Waals surface area contributed by atoms with Crippen molar-refractivity contribution in [2.75, 3.05) is 0 Å². The van der Waals surface area contributed by atoms with E-state index in [-0.39, 0.29) is 11.1 Å². The number of nitrogens with one attached hydrogen (secondary N) is 2. The number of imidazole rings is 1. The van der Waals surface area contributed by atoms with Gasteiger partial charge in [0.05, 0.1) is 10.7 Å². The van der Waals surface area contributed by atoms with E-state index in [1.807, 2.05) is 45.9 Å². The van der Waals surface area contributed by atoms with Gasteiger partial charge in [0.25, 0.3) is 0 Å². The molecule has 2 rings (SSSR count). The largest absolute Gasteiger partial charge is 0.323 e. The first-order chi connectivity index (χ1) is 8.07. The molecule has 0 saturated heterocycles. The number of fused-ring (bicyclic) bond motifs is 1. The smallest absolute Gasteiger partial charge is 0.306 e. The molecule has 17 heavy (non-hydrogen) atoms. The van der Waals surface area contributed by atoms with Gasteiger partial charge in [-0.15, -0.1) is 0 Å². The molecule has 1 heterocycles. The van der Waals surface area contributed by atoms with E-state index in [1.165, 1.54) is 0 Å². The average molecular weight is 236 g/mol. The van der Waals surface area contributed by atoms with Crippen LogP contribution < -0.4 is 16.4 Å². The first-order valence-electron chi connectivity index (χ1n) is 6.28. The highest BCUT2D eigenvalue weighted by Crippen LogP contribution is 2.18. The summed E-state index contributed by atoms with van der Waals surface area (Å²) in [5.41, 5.74) is -0.157. The topological polar surface area (TPSA) is 48.6 Å². The van der Waals surface area contributed by atoms with E-state index in [0.29, 0.717) is 0 Å². The molecule has 0 atom stereocenters. The van der Waals surface area contributed by atoms with Gasteiger partial charge in [-0.05, 0) is 12.2 Å². The predicted molar refractivity (Wildman–Crippen MR) is 75.2 cm³/mol. The number of hydrogen-bond acceptors (Lipinski definition) is 1. The first kappa shape index (κ1) is 15.5. The zero-order valence-electron chi connectivity index (χ0n) is 11.7. The van der Waals surface area contributed by atoms with Crippen LogP contribution in [-0.4, -0.2) is 9.97 Å². The third kappa shape index (κ3) is 4.47. The standard InChI is InChI=1S/C10H12N2O.2C2H6/c1-10(2)5-3-4-7-8(6-10)12-9(13)11-7;2*1-2/h3-6H,1-2H3,(H2,11,12,13);2*1-2H3. The van der Waals surface area contributed by atoms with E-state index < -0.39 is 0 Å². The van der Waals surface area contributed by atoms with Crippen LogP contribution in [0.15, 0.2) is 16.9 Å². The third-order valence-electron chi connectivity index (χ3n) is 2.09. The monoisotopic (exact) mass is 236 g/mol. The van der Waals surface area contributed by atoms with Crippen LogP contribution in [0.3, 0.4) is 0 Å². The van der Waals surface area contributed by atoms with Gasteiger partial charge in [-0.25, -0.2) is 4.79 Å². The molecule has 0 aliphatic heterocycles. The van der Waals surface area contributed by atoms with Crippen molar-refractivity contribution >= 4 is 12.2 Å². The van der Waals surface area contributed by atoms with Gasteiger partial charge in [-0.3, -0.25) is 0 Å².